The SMILES string of the molecule is Ic1ccccc1C1CNCCS1. The molecular weight excluding hydrogens is 293 g/mol. The topological polar surface area (TPSA) is 12.0 Å². The lowest BCUT2D eigenvalue weighted by molar-refractivity contribution is 0.688. The van der Waals surface area contributed by atoms with Gasteiger partial charge in [0.1, 0.15) is 0 Å². The third kappa shape index (κ3) is 2.39. The van der Waals surface area contributed by atoms with Crippen LogP contribution in [-0.2, 0) is 0 Å². The molecule has 2 rings (SSSR count). The van der Waals surface area contributed by atoms with Crippen molar-refractivity contribution in [1.82, 2.24) is 5.32 Å². The maximum Gasteiger partial charge on any atom is 0.0432 e. The summed E-state index contributed by atoms with van der Waals surface area (Å²) in [4.78, 5) is 0. The summed E-state index contributed by atoms with van der Waals surface area (Å²) >= 11 is 4.48. The highest BCUT2D eigenvalue weighted by Gasteiger charge is 2.16. The molecule has 1 heterocycles. The molecule has 1 unspecified atom stereocenters. The highest BCUT2D eigenvalue weighted by molar-refractivity contribution is 14.1. The number of nitrogens with one attached hydrogen (secondary N) is 1. The Labute approximate surface area is 96.8 Å². The molecule has 13 heavy (non-hydrogen) atoms. The van der Waals surface area contributed by atoms with Crippen LogP contribution in [0.4, 0.5) is 0 Å². The van der Waals surface area contributed by atoms with Gasteiger partial charge in [0.15, 0.2) is 0 Å². The number of rotatable bonds is 1. The molecule has 0 saturated carbocycles. The summed E-state index contributed by atoms with van der Waals surface area (Å²) < 4.78 is 1.39. The smallest absolute Gasteiger partial charge is 0.0432 e. The van der Waals surface area contributed by atoms with Gasteiger partial charge in [0.2, 0.25) is 0 Å². The van der Waals surface area contributed by atoms with Crippen LogP contribution in [0.15, 0.2) is 24.3 Å². The first-order chi connectivity index (χ1) is 6.38. The van der Waals surface area contributed by atoms with E-state index in [4.69, 9.17) is 0 Å². The van der Waals surface area contributed by atoms with Crippen LogP contribution in [0.2, 0.25) is 0 Å². The van der Waals surface area contributed by atoms with Gasteiger partial charge < -0.3 is 5.32 Å². The minimum atomic E-state index is 0.654. The summed E-state index contributed by atoms with van der Waals surface area (Å²) in [5, 5.41) is 4.09. The van der Waals surface area contributed by atoms with Crippen molar-refractivity contribution in [2.75, 3.05) is 18.8 Å². The van der Waals surface area contributed by atoms with Crippen molar-refractivity contribution in [3.05, 3.63) is 33.4 Å². The van der Waals surface area contributed by atoms with Gasteiger partial charge in [0, 0.05) is 27.7 Å². The van der Waals surface area contributed by atoms with Gasteiger partial charge in [0.05, 0.1) is 0 Å². The average molecular weight is 305 g/mol. The molecule has 1 fully saturated rings. The van der Waals surface area contributed by atoms with E-state index in [1.165, 1.54) is 14.9 Å². The molecule has 1 saturated heterocycles. The molecule has 1 N–H and O–H groups in total. The molecule has 0 bridgehead atoms. The predicted octanol–water partition coefficient (Wildman–Crippen LogP) is 2.67. The minimum Gasteiger partial charge on any atom is -0.314 e. The fraction of sp³-hybridized carbons (Fsp3) is 0.400. The maximum atomic E-state index is 3.44. The zero-order valence-electron chi connectivity index (χ0n) is 7.29. The van der Waals surface area contributed by atoms with E-state index in [1.54, 1.807) is 0 Å². The van der Waals surface area contributed by atoms with E-state index in [9.17, 15) is 0 Å². The zero-order valence-corrected chi connectivity index (χ0v) is 10.3. The standard InChI is InChI=1S/C10H12INS/c11-9-4-2-1-3-8(9)10-7-12-5-6-13-10/h1-4,10,12H,5-7H2. The summed E-state index contributed by atoms with van der Waals surface area (Å²) in [5.74, 6) is 1.23. The van der Waals surface area contributed by atoms with Crippen LogP contribution < -0.4 is 5.32 Å². The molecule has 70 valence electrons. The van der Waals surface area contributed by atoms with E-state index < -0.39 is 0 Å². The molecular formula is C10H12INS. The molecule has 0 spiro atoms. The van der Waals surface area contributed by atoms with Gasteiger partial charge in [-0.25, -0.2) is 0 Å². The molecule has 0 aliphatic carbocycles. The van der Waals surface area contributed by atoms with Crippen molar-refractivity contribution in [2.45, 2.75) is 5.25 Å². The lowest BCUT2D eigenvalue weighted by atomic mass is 10.1. The Morgan fingerprint density at radius 2 is 2.23 bits per heavy atom. The Hall–Kier alpha value is 0.260. The van der Waals surface area contributed by atoms with E-state index in [-0.39, 0.29) is 0 Å². The second kappa shape index (κ2) is 4.66. The Morgan fingerprint density at radius 3 is 2.92 bits per heavy atom. The van der Waals surface area contributed by atoms with Gasteiger partial charge in [-0.2, -0.15) is 11.8 Å². The largest absolute Gasteiger partial charge is 0.314 e. The molecule has 3 heteroatoms. The Kier molecular flexibility index (Phi) is 3.51. The highest BCUT2D eigenvalue weighted by Crippen LogP contribution is 2.32. The van der Waals surface area contributed by atoms with Crippen LogP contribution in [0, 0.1) is 3.57 Å². The first-order valence-corrected chi connectivity index (χ1v) is 6.57. The number of hydrogen-bond donors (Lipinski definition) is 1. The molecule has 1 aliphatic rings. The van der Waals surface area contributed by atoms with Crippen molar-refractivity contribution >= 4 is 34.4 Å². The van der Waals surface area contributed by atoms with Crippen molar-refractivity contribution in [2.24, 2.45) is 0 Å². The summed E-state index contributed by atoms with van der Waals surface area (Å²) in [5.41, 5.74) is 1.49. The molecule has 1 nitrogen and oxygen atoms in total. The van der Waals surface area contributed by atoms with E-state index in [2.05, 4.69) is 63.9 Å². The lowest BCUT2D eigenvalue weighted by Crippen LogP contribution is -2.28. The van der Waals surface area contributed by atoms with Gasteiger partial charge in [0.25, 0.3) is 0 Å². The van der Waals surface area contributed by atoms with Crippen LogP contribution in [-0.4, -0.2) is 18.8 Å². The third-order valence-corrected chi connectivity index (χ3v) is 4.42. The Balaban J connectivity index is 2.18. The average Bonchev–Trinajstić information content (AvgIpc) is 2.20. The van der Waals surface area contributed by atoms with E-state index >= 15 is 0 Å². The van der Waals surface area contributed by atoms with Crippen LogP contribution in [0.1, 0.15) is 10.8 Å². The van der Waals surface area contributed by atoms with Crippen molar-refractivity contribution in [1.29, 1.82) is 0 Å². The van der Waals surface area contributed by atoms with Crippen molar-refractivity contribution in [3.8, 4) is 0 Å². The van der Waals surface area contributed by atoms with Crippen molar-refractivity contribution in [3.63, 3.8) is 0 Å². The quantitative estimate of drug-likeness (QED) is 0.801. The molecule has 0 amide bonds. The van der Waals surface area contributed by atoms with Crippen LogP contribution in [0.5, 0.6) is 0 Å². The number of halogens is 1. The van der Waals surface area contributed by atoms with E-state index in [1.807, 2.05) is 0 Å². The maximum absolute atomic E-state index is 3.44. The Bertz CT molecular complexity index is 284. The van der Waals surface area contributed by atoms with Gasteiger partial charge >= 0.3 is 0 Å². The monoisotopic (exact) mass is 305 g/mol. The third-order valence-electron chi connectivity index (χ3n) is 2.18. The summed E-state index contributed by atoms with van der Waals surface area (Å²) in [7, 11) is 0. The first-order valence-electron chi connectivity index (χ1n) is 4.44. The molecule has 0 radical (unpaired) electrons. The summed E-state index contributed by atoms with van der Waals surface area (Å²) in [6.45, 7) is 2.27. The molecule has 1 aromatic rings. The Morgan fingerprint density at radius 1 is 1.38 bits per heavy atom. The van der Waals surface area contributed by atoms with Gasteiger partial charge in [-0.05, 0) is 34.2 Å². The normalized spacial score (nSPS) is 23.0. The second-order valence-corrected chi connectivity index (χ2v) is 5.56. The number of thioether (sulfide) groups is 1. The van der Waals surface area contributed by atoms with E-state index in [0.29, 0.717) is 5.25 Å². The number of hydrogen-bond acceptors (Lipinski definition) is 2. The van der Waals surface area contributed by atoms with Crippen LogP contribution in [0.25, 0.3) is 0 Å². The van der Waals surface area contributed by atoms with Crippen LogP contribution >= 0.6 is 34.4 Å². The fourth-order valence-corrected chi connectivity index (χ4v) is 3.64. The van der Waals surface area contributed by atoms with Gasteiger partial charge in [-0.3, -0.25) is 0 Å². The highest BCUT2D eigenvalue weighted by atomic mass is 127. The molecule has 1 aromatic carbocycles. The second-order valence-electron chi connectivity index (χ2n) is 3.09. The lowest BCUT2D eigenvalue weighted by Gasteiger charge is -2.23. The first kappa shape index (κ1) is 9.80. The molecule has 0 aromatic heterocycles. The molecule has 1 atom stereocenters. The van der Waals surface area contributed by atoms with Gasteiger partial charge in [-0.15, -0.1) is 0 Å². The number of benzene rings is 1. The molecule has 1 aliphatic heterocycles. The van der Waals surface area contributed by atoms with Gasteiger partial charge in [-0.1, -0.05) is 18.2 Å². The summed E-state index contributed by atoms with van der Waals surface area (Å²) in [6, 6.07) is 8.66. The minimum absolute atomic E-state index is 0.654. The predicted molar refractivity (Wildman–Crippen MR) is 67.2 cm³/mol. The zero-order chi connectivity index (χ0) is 9.10. The van der Waals surface area contributed by atoms with Crippen molar-refractivity contribution < 1.29 is 0 Å². The van der Waals surface area contributed by atoms with Crippen LogP contribution in [0.3, 0.4) is 0 Å². The van der Waals surface area contributed by atoms with E-state index in [0.717, 1.165) is 13.1 Å². The summed E-state index contributed by atoms with van der Waals surface area (Å²) in [6.07, 6.45) is 0. The fourth-order valence-electron chi connectivity index (χ4n) is 1.50.